The Balaban J connectivity index is 1.24. The number of hydrogen-bond donors (Lipinski definition) is 0. The fourth-order valence-corrected chi connectivity index (χ4v) is 12.0. The van der Waals surface area contributed by atoms with Gasteiger partial charge < -0.3 is 9.13 Å². The second-order valence-electron chi connectivity index (χ2n) is 19.3. The third kappa shape index (κ3) is 6.12. The molecule has 0 atom stereocenters. The Bertz CT molecular complexity index is 4480. The lowest BCUT2D eigenvalue weighted by atomic mass is 10.1. The second kappa shape index (κ2) is 16.5. The van der Waals surface area contributed by atoms with Gasteiger partial charge in [-0.25, -0.2) is 19.9 Å². The Kier molecular flexibility index (Phi) is 9.17. The van der Waals surface area contributed by atoms with Crippen molar-refractivity contribution in [3.63, 3.8) is 0 Å². The summed E-state index contributed by atoms with van der Waals surface area (Å²) in [5.74, 6) is 3.03. The van der Waals surface area contributed by atoms with Crippen molar-refractivity contribution in [2.75, 3.05) is 0 Å². The highest BCUT2D eigenvalue weighted by atomic mass is 15.2. The molecule has 8 heteroatoms. The number of fused-ring (bicyclic) bond motifs is 12. The number of rotatable bonds is 7. The van der Waals surface area contributed by atoms with Crippen molar-refractivity contribution in [3.05, 3.63) is 255 Å². The smallest absolute Gasteiger partial charge is 0.168 e. The minimum Gasteiger partial charge on any atom is -0.305 e. The van der Waals surface area contributed by atoms with Gasteiger partial charge in [-0.3, -0.25) is 9.13 Å². The lowest BCUT2D eigenvalue weighted by Crippen LogP contribution is -2.17. The third-order valence-corrected chi connectivity index (χ3v) is 15.2. The van der Waals surface area contributed by atoms with Crippen molar-refractivity contribution in [2.24, 2.45) is 0 Å². The largest absolute Gasteiger partial charge is 0.305 e. The predicted molar refractivity (Wildman–Crippen MR) is 311 cm³/mol. The van der Waals surface area contributed by atoms with Crippen molar-refractivity contribution in [2.45, 2.75) is 0 Å². The highest BCUT2D eigenvalue weighted by molar-refractivity contribution is 6.15. The molecule has 0 unspecified atom stereocenters. The van der Waals surface area contributed by atoms with Crippen molar-refractivity contribution in [1.82, 2.24) is 38.2 Å². The molecule has 0 aliphatic carbocycles. The van der Waals surface area contributed by atoms with Crippen LogP contribution in [0.5, 0.6) is 0 Å². The Morgan fingerprint density at radius 3 is 0.697 bits per heavy atom. The molecular formula is C68H42N8. The molecule has 0 saturated carbocycles. The van der Waals surface area contributed by atoms with E-state index < -0.39 is 0 Å². The summed E-state index contributed by atoms with van der Waals surface area (Å²) in [5, 5.41) is 8.96. The molecule has 0 radical (unpaired) electrons. The zero-order valence-corrected chi connectivity index (χ0v) is 40.8. The van der Waals surface area contributed by atoms with Gasteiger partial charge in [-0.1, -0.05) is 206 Å². The summed E-state index contributed by atoms with van der Waals surface area (Å²) in [6, 6.07) is 90.2. The quantitative estimate of drug-likeness (QED) is 0.160. The van der Waals surface area contributed by atoms with E-state index >= 15 is 0 Å². The van der Waals surface area contributed by atoms with Gasteiger partial charge in [0.2, 0.25) is 0 Å². The number of pyridine rings is 1. The van der Waals surface area contributed by atoms with Gasteiger partial charge in [-0.2, -0.15) is 0 Å². The Hall–Kier alpha value is -10.4. The molecule has 0 spiro atoms. The van der Waals surface area contributed by atoms with Crippen LogP contribution in [0, 0.1) is 0 Å². The van der Waals surface area contributed by atoms with Gasteiger partial charge in [0.15, 0.2) is 29.1 Å². The summed E-state index contributed by atoms with van der Waals surface area (Å²) < 4.78 is 9.59. The number of benzene rings is 10. The molecule has 354 valence electrons. The number of nitrogens with zero attached hydrogens (tertiary/aromatic N) is 8. The average molecular weight is 971 g/mol. The van der Waals surface area contributed by atoms with E-state index in [2.05, 4.69) is 237 Å². The first kappa shape index (κ1) is 42.1. The Morgan fingerprint density at radius 2 is 0.421 bits per heavy atom. The maximum absolute atomic E-state index is 6.36. The second-order valence-corrected chi connectivity index (χ2v) is 19.3. The molecule has 16 rings (SSSR count). The summed E-state index contributed by atoms with van der Waals surface area (Å²) >= 11 is 0. The van der Waals surface area contributed by atoms with Crippen LogP contribution >= 0.6 is 0 Å². The van der Waals surface area contributed by atoms with E-state index in [0.29, 0.717) is 29.1 Å². The number of aromatic nitrogens is 8. The monoisotopic (exact) mass is 970 g/mol. The Morgan fingerprint density at radius 1 is 0.197 bits per heavy atom. The van der Waals surface area contributed by atoms with Gasteiger partial charge in [-0.15, -0.1) is 0 Å². The number of para-hydroxylation sites is 8. The molecule has 76 heavy (non-hydrogen) atoms. The van der Waals surface area contributed by atoms with Crippen molar-refractivity contribution >= 4 is 87.2 Å². The highest BCUT2D eigenvalue weighted by Gasteiger charge is 2.34. The van der Waals surface area contributed by atoms with Gasteiger partial charge in [0.05, 0.1) is 49.7 Å². The van der Waals surface area contributed by atoms with E-state index in [1.54, 1.807) is 0 Å². The molecule has 0 bridgehead atoms. The normalized spacial score (nSPS) is 11.9. The minimum atomic E-state index is 0.493. The van der Waals surface area contributed by atoms with Crippen LogP contribution in [-0.4, -0.2) is 38.2 Å². The summed E-state index contributed by atoms with van der Waals surface area (Å²) in [7, 11) is 0. The summed E-state index contributed by atoms with van der Waals surface area (Å²) in [6.07, 6.45) is 0. The zero-order valence-electron chi connectivity index (χ0n) is 40.8. The van der Waals surface area contributed by atoms with Crippen molar-refractivity contribution in [3.8, 4) is 57.2 Å². The molecule has 0 N–H and O–H groups in total. The van der Waals surface area contributed by atoms with E-state index in [1.807, 2.05) is 36.4 Å². The topological polar surface area (TPSA) is 71.3 Å². The number of hydrogen-bond acceptors (Lipinski definition) is 4. The highest BCUT2D eigenvalue weighted by Crippen LogP contribution is 2.48. The van der Waals surface area contributed by atoms with Gasteiger partial charge in [0, 0.05) is 54.2 Å². The van der Waals surface area contributed by atoms with Crippen LogP contribution in [0.3, 0.4) is 0 Å². The van der Waals surface area contributed by atoms with Crippen LogP contribution in [0.4, 0.5) is 0 Å². The molecule has 16 aromatic rings. The van der Waals surface area contributed by atoms with Gasteiger partial charge in [-0.05, 0) is 48.5 Å². The summed E-state index contributed by atoms with van der Waals surface area (Å²) in [5.41, 5.74) is 12.3. The minimum absolute atomic E-state index is 0.493. The maximum Gasteiger partial charge on any atom is 0.168 e. The van der Waals surface area contributed by atoms with E-state index in [0.717, 1.165) is 115 Å². The van der Waals surface area contributed by atoms with Gasteiger partial charge >= 0.3 is 0 Å². The fraction of sp³-hybridized carbons (Fsp3) is 0. The van der Waals surface area contributed by atoms with E-state index in [4.69, 9.17) is 19.9 Å². The van der Waals surface area contributed by atoms with Crippen LogP contribution < -0.4 is 0 Å². The van der Waals surface area contributed by atoms with Crippen molar-refractivity contribution in [1.29, 1.82) is 0 Å². The van der Waals surface area contributed by atoms with Crippen LogP contribution in [0.1, 0.15) is 0 Å². The summed E-state index contributed by atoms with van der Waals surface area (Å²) in [6.45, 7) is 0. The SMILES string of the molecule is c1ccc(-c2nc(-c3ccccc3)nc(-c3c(-n4c5ccccc5c5ccccc54)c(-n4c5ccccc5c5ccccc54)nc(-n4c5ccccc5c5ccccc54)c3-n3c4ccccc4c4ccccc43)n2)cc1. The molecular weight excluding hydrogens is 929 g/mol. The first-order valence-electron chi connectivity index (χ1n) is 25.7. The molecule has 0 fully saturated rings. The van der Waals surface area contributed by atoms with E-state index in [-0.39, 0.29) is 0 Å². The molecule has 0 saturated heterocycles. The zero-order chi connectivity index (χ0) is 49.8. The lowest BCUT2D eigenvalue weighted by Gasteiger charge is -2.26. The molecule has 0 amide bonds. The molecule has 0 aliphatic heterocycles. The third-order valence-electron chi connectivity index (χ3n) is 15.2. The standard InChI is InChI=1S/C68H42N8/c1-3-23-43(24-4-1)64-69-65(44-25-5-2-6-26-44)71-66(70-64)61-62(73-53-35-15-7-27-45(53)46-28-8-16-36-54(46)73)67(75-57-39-19-11-31-49(57)50-32-12-20-40-58(50)75)72-68(76-59-41-21-13-33-51(59)52-34-14-22-42-60(52)76)63(61)74-55-37-17-9-29-47(55)48-30-10-18-38-56(48)74/h1-42H. The van der Waals surface area contributed by atoms with Crippen LogP contribution in [0.25, 0.3) is 144 Å². The van der Waals surface area contributed by atoms with Crippen LogP contribution in [-0.2, 0) is 0 Å². The summed E-state index contributed by atoms with van der Waals surface area (Å²) in [4.78, 5) is 23.2. The first-order valence-corrected chi connectivity index (χ1v) is 25.7. The average Bonchev–Trinajstić information content (AvgIpc) is 4.25. The van der Waals surface area contributed by atoms with Crippen LogP contribution in [0.15, 0.2) is 255 Å². The van der Waals surface area contributed by atoms with Gasteiger partial charge in [0.25, 0.3) is 0 Å². The van der Waals surface area contributed by atoms with Gasteiger partial charge in [0.1, 0.15) is 11.4 Å². The lowest BCUT2D eigenvalue weighted by molar-refractivity contribution is 0.952. The molecule has 6 heterocycles. The maximum atomic E-state index is 6.36. The Labute approximate surface area is 435 Å². The van der Waals surface area contributed by atoms with E-state index in [9.17, 15) is 0 Å². The predicted octanol–water partition coefficient (Wildman–Crippen LogP) is 16.7. The molecule has 6 aromatic heterocycles. The van der Waals surface area contributed by atoms with Crippen LogP contribution in [0.2, 0.25) is 0 Å². The van der Waals surface area contributed by atoms with Crippen molar-refractivity contribution < 1.29 is 0 Å². The molecule has 0 aliphatic rings. The van der Waals surface area contributed by atoms with E-state index in [1.165, 1.54) is 0 Å². The first-order chi connectivity index (χ1) is 37.8. The molecule has 10 aromatic carbocycles. The molecule has 8 nitrogen and oxygen atoms in total. The fourth-order valence-electron chi connectivity index (χ4n) is 12.0.